The highest BCUT2D eigenvalue weighted by Crippen LogP contribution is 2.28. The minimum absolute atomic E-state index is 0.189. The van der Waals surface area contributed by atoms with E-state index in [9.17, 15) is 4.79 Å². The number of nitrogens with one attached hydrogen (secondary N) is 1. The maximum Gasteiger partial charge on any atom is 0.242 e. The predicted octanol–water partition coefficient (Wildman–Crippen LogP) is 3.21. The smallest absolute Gasteiger partial charge is 0.242 e. The van der Waals surface area contributed by atoms with Gasteiger partial charge >= 0.3 is 0 Å². The molecule has 2 aromatic rings. The summed E-state index contributed by atoms with van der Waals surface area (Å²) in [4.78, 5) is 13.0. The number of hydrogen-bond acceptors (Lipinski definition) is 3. The number of carbonyl (C=O) groups excluding carboxylic acids is 1. The van der Waals surface area contributed by atoms with Gasteiger partial charge < -0.3 is 0 Å². The fourth-order valence-corrected chi connectivity index (χ4v) is 3.19. The first-order valence-electron chi connectivity index (χ1n) is 6.14. The molecular weight excluding hydrogens is 292 g/mol. The van der Waals surface area contributed by atoms with Crippen molar-refractivity contribution < 1.29 is 4.79 Å². The fraction of sp³-hybridized carbons (Fsp3) is 0.133. The fourth-order valence-electron chi connectivity index (χ4n) is 1.85. The van der Waals surface area contributed by atoms with Crippen molar-refractivity contribution in [1.82, 2.24) is 5.43 Å². The summed E-state index contributed by atoms with van der Waals surface area (Å²) < 4.78 is 0. The maximum absolute atomic E-state index is 11.9. The van der Waals surface area contributed by atoms with E-state index in [4.69, 9.17) is 17.4 Å². The molecule has 0 aromatic heterocycles. The Balaban J connectivity index is 2.11. The Labute approximate surface area is 127 Å². The Morgan fingerprint density at radius 1 is 1.20 bits per heavy atom. The lowest BCUT2D eigenvalue weighted by molar-refractivity contribution is -0.122. The van der Waals surface area contributed by atoms with Crippen molar-refractivity contribution in [3.05, 3.63) is 65.2 Å². The van der Waals surface area contributed by atoms with Crippen molar-refractivity contribution in [3.8, 4) is 0 Å². The van der Waals surface area contributed by atoms with Crippen LogP contribution in [0.25, 0.3) is 0 Å². The van der Waals surface area contributed by atoms with Gasteiger partial charge in [-0.25, -0.2) is 5.84 Å². The number of rotatable bonds is 5. The number of thioether (sulfide) groups is 1. The maximum atomic E-state index is 11.9. The number of hydrazine groups is 1. The molecule has 0 radical (unpaired) electrons. The van der Waals surface area contributed by atoms with Gasteiger partial charge in [-0.1, -0.05) is 48.0 Å². The van der Waals surface area contributed by atoms with Gasteiger partial charge in [0, 0.05) is 15.7 Å². The summed E-state index contributed by atoms with van der Waals surface area (Å²) in [6.45, 7) is 0. The number of amides is 1. The standard InChI is InChI=1S/C15H15ClN2OS/c16-12-7-4-8-13(9-12)20-10-14(15(19)18-17)11-5-2-1-3-6-11/h1-9,14H,10,17H2,(H,18,19). The summed E-state index contributed by atoms with van der Waals surface area (Å²) in [7, 11) is 0. The van der Waals surface area contributed by atoms with E-state index >= 15 is 0 Å². The molecule has 20 heavy (non-hydrogen) atoms. The second-order valence-electron chi connectivity index (χ2n) is 4.24. The molecule has 0 spiro atoms. The quantitative estimate of drug-likeness (QED) is 0.386. The second kappa shape index (κ2) is 7.33. The monoisotopic (exact) mass is 306 g/mol. The SMILES string of the molecule is NNC(=O)C(CSc1cccc(Cl)c1)c1ccccc1. The Kier molecular flexibility index (Phi) is 5.47. The molecule has 0 aliphatic rings. The van der Waals surface area contributed by atoms with Crippen LogP contribution < -0.4 is 11.3 Å². The Morgan fingerprint density at radius 3 is 2.60 bits per heavy atom. The van der Waals surface area contributed by atoms with Crippen LogP contribution in [-0.4, -0.2) is 11.7 Å². The molecular formula is C15H15ClN2OS. The zero-order valence-electron chi connectivity index (χ0n) is 10.8. The molecule has 0 bridgehead atoms. The lowest BCUT2D eigenvalue weighted by atomic mass is 10.0. The molecule has 0 aliphatic carbocycles. The van der Waals surface area contributed by atoms with Gasteiger partial charge in [0.25, 0.3) is 0 Å². The van der Waals surface area contributed by atoms with Gasteiger partial charge in [-0.05, 0) is 23.8 Å². The van der Waals surface area contributed by atoms with E-state index in [1.807, 2.05) is 54.6 Å². The summed E-state index contributed by atoms with van der Waals surface area (Å²) >= 11 is 7.53. The van der Waals surface area contributed by atoms with Crippen molar-refractivity contribution in [2.45, 2.75) is 10.8 Å². The van der Waals surface area contributed by atoms with Gasteiger partial charge in [-0.2, -0.15) is 0 Å². The molecule has 2 aromatic carbocycles. The number of carbonyl (C=O) groups is 1. The van der Waals surface area contributed by atoms with Crippen LogP contribution in [0.2, 0.25) is 5.02 Å². The summed E-state index contributed by atoms with van der Waals surface area (Å²) in [5.74, 6) is 5.40. The Hall–Kier alpha value is -1.49. The van der Waals surface area contributed by atoms with Crippen molar-refractivity contribution in [3.63, 3.8) is 0 Å². The highest BCUT2D eigenvalue weighted by atomic mass is 35.5. The minimum Gasteiger partial charge on any atom is -0.294 e. The van der Waals surface area contributed by atoms with Crippen LogP contribution in [-0.2, 0) is 4.79 Å². The van der Waals surface area contributed by atoms with Crippen molar-refractivity contribution in [2.75, 3.05) is 5.75 Å². The molecule has 0 saturated carbocycles. The molecule has 0 saturated heterocycles. The highest BCUT2D eigenvalue weighted by Gasteiger charge is 2.19. The normalized spacial score (nSPS) is 11.9. The van der Waals surface area contributed by atoms with E-state index in [1.54, 1.807) is 11.8 Å². The largest absolute Gasteiger partial charge is 0.294 e. The predicted molar refractivity (Wildman–Crippen MR) is 83.7 cm³/mol. The molecule has 5 heteroatoms. The van der Waals surface area contributed by atoms with E-state index in [1.165, 1.54) is 0 Å². The molecule has 3 N–H and O–H groups in total. The van der Waals surface area contributed by atoms with Gasteiger partial charge in [0.15, 0.2) is 0 Å². The molecule has 1 amide bonds. The summed E-state index contributed by atoms with van der Waals surface area (Å²) in [6, 6.07) is 17.2. The van der Waals surface area contributed by atoms with E-state index < -0.39 is 0 Å². The third-order valence-electron chi connectivity index (χ3n) is 2.87. The van der Waals surface area contributed by atoms with Gasteiger partial charge in [0.2, 0.25) is 5.91 Å². The molecule has 104 valence electrons. The molecule has 3 nitrogen and oxygen atoms in total. The molecule has 0 heterocycles. The number of halogens is 1. The number of nitrogens with two attached hydrogens (primary N) is 1. The lowest BCUT2D eigenvalue weighted by Gasteiger charge is -2.15. The minimum atomic E-state index is -0.287. The summed E-state index contributed by atoms with van der Waals surface area (Å²) in [6.07, 6.45) is 0. The average molecular weight is 307 g/mol. The van der Waals surface area contributed by atoms with Crippen LogP contribution in [0.1, 0.15) is 11.5 Å². The summed E-state index contributed by atoms with van der Waals surface area (Å²) in [5, 5.41) is 0.689. The molecule has 1 atom stereocenters. The number of benzene rings is 2. The van der Waals surface area contributed by atoms with E-state index in [0.717, 1.165) is 10.5 Å². The zero-order valence-corrected chi connectivity index (χ0v) is 12.3. The highest BCUT2D eigenvalue weighted by molar-refractivity contribution is 7.99. The first-order chi connectivity index (χ1) is 9.70. The number of hydrogen-bond donors (Lipinski definition) is 2. The average Bonchev–Trinajstić information content (AvgIpc) is 2.48. The van der Waals surface area contributed by atoms with E-state index in [-0.39, 0.29) is 11.8 Å². The first kappa shape index (κ1) is 14.9. The van der Waals surface area contributed by atoms with Gasteiger partial charge in [-0.3, -0.25) is 10.2 Å². The van der Waals surface area contributed by atoms with Crippen LogP contribution in [0.3, 0.4) is 0 Å². The van der Waals surface area contributed by atoms with E-state index in [2.05, 4.69) is 5.43 Å². The molecule has 1 unspecified atom stereocenters. The van der Waals surface area contributed by atoms with Gasteiger partial charge in [0.05, 0.1) is 5.92 Å². The zero-order chi connectivity index (χ0) is 14.4. The third-order valence-corrected chi connectivity index (χ3v) is 4.20. The molecule has 0 fully saturated rings. The summed E-state index contributed by atoms with van der Waals surface area (Å²) in [5.41, 5.74) is 3.18. The Bertz CT molecular complexity index is 577. The van der Waals surface area contributed by atoms with Crippen LogP contribution in [0.5, 0.6) is 0 Å². The van der Waals surface area contributed by atoms with Crippen LogP contribution in [0.4, 0.5) is 0 Å². The Morgan fingerprint density at radius 2 is 1.95 bits per heavy atom. The van der Waals surface area contributed by atoms with Crippen LogP contribution >= 0.6 is 23.4 Å². The van der Waals surface area contributed by atoms with E-state index in [0.29, 0.717) is 10.8 Å². The topological polar surface area (TPSA) is 55.1 Å². The van der Waals surface area contributed by atoms with Gasteiger partial charge in [0.1, 0.15) is 0 Å². The van der Waals surface area contributed by atoms with Crippen molar-refractivity contribution in [2.24, 2.45) is 5.84 Å². The van der Waals surface area contributed by atoms with Gasteiger partial charge in [-0.15, -0.1) is 11.8 Å². The molecule has 0 aliphatic heterocycles. The first-order valence-corrected chi connectivity index (χ1v) is 7.51. The molecule has 2 rings (SSSR count). The van der Waals surface area contributed by atoms with Crippen molar-refractivity contribution in [1.29, 1.82) is 0 Å². The third kappa shape index (κ3) is 4.00. The second-order valence-corrected chi connectivity index (χ2v) is 5.77. The van der Waals surface area contributed by atoms with Crippen molar-refractivity contribution >= 4 is 29.3 Å². The lowest BCUT2D eigenvalue weighted by Crippen LogP contribution is -2.35. The van der Waals surface area contributed by atoms with Crippen LogP contribution in [0.15, 0.2) is 59.5 Å². The van der Waals surface area contributed by atoms with Crippen LogP contribution in [0, 0.1) is 0 Å².